The molecule has 0 bridgehead atoms. The molecule has 132 valence electrons. The summed E-state index contributed by atoms with van der Waals surface area (Å²) in [6, 6.07) is 12.5. The van der Waals surface area contributed by atoms with Gasteiger partial charge >= 0.3 is 5.97 Å². The van der Waals surface area contributed by atoms with Crippen LogP contribution in [0.2, 0.25) is 5.02 Å². The zero-order chi connectivity index (χ0) is 18.4. The van der Waals surface area contributed by atoms with Crippen molar-refractivity contribution in [2.45, 2.75) is 30.9 Å². The van der Waals surface area contributed by atoms with E-state index in [0.29, 0.717) is 28.4 Å². The molecule has 0 saturated heterocycles. The summed E-state index contributed by atoms with van der Waals surface area (Å²) in [6.07, 6.45) is 0. The Bertz CT molecular complexity index is 762. The highest BCUT2D eigenvalue weighted by atomic mass is 35.5. The highest BCUT2D eigenvalue weighted by Gasteiger charge is 2.18. The van der Waals surface area contributed by atoms with E-state index in [2.05, 4.69) is 5.32 Å². The molecule has 0 spiro atoms. The van der Waals surface area contributed by atoms with Gasteiger partial charge in [-0.25, -0.2) is 4.79 Å². The van der Waals surface area contributed by atoms with Crippen molar-refractivity contribution in [3.8, 4) is 0 Å². The number of halogens is 1. The van der Waals surface area contributed by atoms with Crippen LogP contribution in [0.4, 0.5) is 5.69 Å². The van der Waals surface area contributed by atoms with Crippen molar-refractivity contribution in [1.82, 2.24) is 0 Å². The van der Waals surface area contributed by atoms with Crippen molar-refractivity contribution < 1.29 is 14.3 Å². The van der Waals surface area contributed by atoms with Crippen molar-refractivity contribution in [1.29, 1.82) is 0 Å². The zero-order valence-electron chi connectivity index (χ0n) is 14.3. The SMILES string of the molecule is CCOC(=O)c1cccc(NC(=O)[C@@H](C)Sc2ccc(Cl)cc2)c1C. The summed E-state index contributed by atoms with van der Waals surface area (Å²) >= 11 is 7.31. The highest BCUT2D eigenvalue weighted by molar-refractivity contribution is 8.00. The van der Waals surface area contributed by atoms with Crippen LogP contribution in [-0.4, -0.2) is 23.7 Å². The van der Waals surface area contributed by atoms with Gasteiger partial charge in [-0.1, -0.05) is 17.7 Å². The van der Waals surface area contributed by atoms with Gasteiger partial charge in [-0.2, -0.15) is 0 Å². The molecule has 4 nitrogen and oxygen atoms in total. The predicted octanol–water partition coefficient (Wildman–Crippen LogP) is 4.94. The number of carbonyl (C=O) groups is 2. The number of nitrogens with one attached hydrogen (secondary N) is 1. The van der Waals surface area contributed by atoms with Crippen molar-refractivity contribution >= 4 is 40.9 Å². The fourth-order valence-electron chi connectivity index (χ4n) is 2.21. The van der Waals surface area contributed by atoms with Gasteiger partial charge in [0.15, 0.2) is 0 Å². The fourth-order valence-corrected chi connectivity index (χ4v) is 3.20. The lowest BCUT2D eigenvalue weighted by Gasteiger charge is -2.15. The molecular formula is C19H20ClNO3S. The number of hydrogen-bond donors (Lipinski definition) is 1. The normalized spacial score (nSPS) is 11.7. The van der Waals surface area contributed by atoms with Gasteiger partial charge in [0.2, 0.25) is 5.91 Å². The van der Waals surface area contributed by atoms with Crippen molar-refractivity contribution in [2.24, 2.45) is 0 Å². The predicted molar refractivity (Wildman–Crippen MR) is 103 cm³/mol. The number of thioether (sulfide) groups is 1. The Kier molecular flexibility index (Phi) is 6.91. The minimum Gasteiger partial charge on any atom is -0.462 e. The second kappa shape index (κ2) is 8.92. The van der Waals surface area contributed by atoms with Crippen LogP contribution >= 0.6 is 23.4 Å². The van der Waals surface area contributed by atoms with E-state index in [9.17, 15) is 9.59 Å². The topological polar surface area (TPSA) is 55.4 Å². The van der Waals surface area contributed by atoms with E-state index in [4.69, 9.17) is 16.3 Å². The standard InChI is InChI=1S/C19H20ClNO3S/c1-4-24-19(23)16-6-5-7-17(12(16)2)21-18(22)13(3)25-15-10-8-14(20)9-11-15/h5-11,13H,4H2,1-3H3,(H,21,22)/t13-/m1/s1. The molecule has 25 heavy (non-hydrogen) atoms. The number of benzene rings is 2. The Balaban J connectivity index is 2.08. The second-order valence-electron chi connectivity index (χ2n) is 5.40. The molecule has 0 aliphatic rings. The molecule has 0 aromatic heterocycles. The summed E-state index contributed by atoms with van der Waals surface area (Å²) in [4.78, 5) is 25.4. The third-order valence-electron chi connectivity index (χ3n) is 3.58. The smallest absolute Gasteiger partial charge is 0.338 e. The summed E-state index contributed by atoms with van der Waals surface area (Å²) in [5.41, 5.74) is 1.76. The van der Waals surface area contributed by atoms with Gasteiger partial charge in [0.25, 0.3) is 0 Å². The van der Waals surface area contributed by atoms with Crippen molar-refractivity contribution in [3.63, 3.8) is 0 Å². The van der Waals surface area contributed by atoms with Crippen LogP contribution in [0.15, 0.2) is 47.4 Å². The fraction of sp³-hybridized carbons (Fsp3) is 0.263. The molecule has 0 aliphatic heterocycles. The van der Waals surface area contributed by atoms with E-state index in [0.717, 1.165) is 4.90 Å². The lowest BCUT2D eigenvalue weighted by atomic mass is 10.1. The largest absolute Gasteiger partial charge is 0.462 e. The third kappa shape index (κ3) is 5.25. The molecule has 2 aromatic carbocycles. The molecule has 2 rings (SSSR count). The van der Waals surface area contributed by atoms with Gasteiger partial charge in [-0.3, -0.25) is 4.79 Å². The van der Waals surface area contributed by atoms with E-state index in [1.165, 1.54) is 11.8 Å². The highest BCUT2D eigenvalue weighted by Crippen LogP contribution is 2.26. The van der Waals surface area contributed by atoms with Crippen LogP contribution in [0, 0.1) is 6.92 Å². The molecule has 0 saturated carbocycles. The molecule has 1 amide bonds. The molecule has 0 aliphatic carbocycles. The number of carbonyl (C=O) groups excluding carboxylic acids is 2. The zero-order valence-corrected chi connectivity index (χ0v) is 15.9. The van der Waals surface area contributed by atoms with Crippen LogP contribution in [0.25, 0.3) is 0 Å². The maximum absolute atomic E-state index is 12.5. The Morgan fingerprint density at radius 3 is 2.52 bits per heavy atom. The Hall–Kier alpha value is -1.98. The van der Waals surface area contributed by atoms with E-state index < -0.39 is 0 Å². The Morgan fingerprint density at radius 2 is 1.88 bits per heavy atom. The van der Waals surface area contributed by atoms with Gasteiger partial charge in [0, 0.05) is 15.6 Å². The van der Waals surface area contributed by atoms with Crippen LogP contribution < -0.4 is 5.32 Å². The first-order chi connectivity index (χ1) is 11.9. The average Bonchev–Trinajstić information content (AvgIpc) is 2.58. The van der Waals surface area contributed by atoms with Crippen LogP contribution in [0.3, 0.4) is 0 Å². The second-order valence-corrected chi connectivity index (χ2v) is 7.25. The quantitative estimate of drug-likeness (QED) is 0.572. The van der Waals surface area contributed by atoms with Crippen LogP contribution in [-0.2, 0) is 9.53 Å². The Labute approximate surface area is 156 Å². The summed E-state index contributed by atoms with van der Waals surface area (Å²) in [7, 11) is 0. The summed E-state index contributed by atoms with van der Waals surface area (Å²) in [6.45, 7) is 5.69. The number of rotatable bonds is 6. The number of esters is 1. The maximum atomic E-state index is 12.5. The molecule has 2 aromatic rings. The molecule has 0 fully saturated rings. The van der Waals surface area contributed by atoms with Crippen molar-refractivity contribution in [3.05, 3.63) is 58.6 Å². The monoisotopic (exact) mass is 377 g/mol. The summed E-state index contributed by atoms with van der Waals surface area (Å²) in [5.74, 6) is -0.524. The van der Waals surface area contributed by atoms with Gasteiger partial charge in [-0.15, -0.1) is 11.8 Å². The minimum absolute atomic E-state index is 0.135. The van der Waals surface area contributed by atoms with E-state index in [1.54, 1.807) is 44.2 Å². The van der Waals surface area contributed by atoms with Crippen molar-refractivity contribution in [2.75, 3.05) is 11.9 Å². The first kappa shape index (κ1) is 19.3. The minimum atomic E-state index is -0.389. The van der Waals surface area contributed by atoms with Crippen LogP contribution in [0.5, 0.6) is 0 Å². The first-order valence-corrected chi connectivity index (χ1v) is 9.18. The molecule has 1 N–H and O–H groups in total. The molecule has 1 atom stereocenters. The average molecular weight is 378 g/mol. The lowest BCUT2D eigenvalue weighted by molar-refractivity contribution is -0.115. The van der Waals surface area contributed by atoms with Gasteiger partial charge in [0.1, 0.15) is 0 Å². The van der Waals surface area contributed by atoms with Crippen LogP contribution in [0.1, 0.15) is 29.8 Å². The number of ether oxygens (including phenoxy) is 1. The number of amides is 1. The van der Waals surface area contributed by atoms with E-state index in [-0.39, 0.29) is 17.1 Å². The lowest BCUT2D eigenvalue weighted by Crippen LogP contribution is -2.23. The maximum Gasteiger partial charge on any atom is 0.338 e. The Morgan fingerprint density at radius 1 is 1.20 bits per heavy atom. The first-order valence-electron chi connectivity index (χ1n) is 7.92. The molecule has 0 unspecified atom stereocenters. The number of anilines is 1. The molecular weight excluding hydrogens is 358 g/mol. The van der Waals surface area contributed by atoms with E-state index in [1.807, 2.05) is 19.1 Å². The van der Waals surface area contributed by atoms with Gasteiger partial charge < -0.3 is 10.1 Å². The summed E-state index contributed by atoms with van der Waals surface area (Å²) < 4.78 is 5.04. The van der Waals surface area contributed by atoms with Gasteiger partial charge in [-0.05, 0) is 62.7 Å². The number of hydrogen-bond acceptors (Lipinski definition) is 4. The molecule has 6 heteroatoms. The van der Waals surface area contributed by atoms with E-state index >= 15 is 0 Å². The molecule has 0 heterocycles. The third-order valence-corrected chi connectivity index (χ3v) is 4.95. The summed E-state index contributed by atoms with van der Waals surface area (Å²) in [5, 5.41) is 3.25. The molecule has 0 radical (unpaired) electrons. The van der Waals surface area contributed by atoms with Gasteiger partial charge in [0.05, 0.1) is 17.4 Å².